The van der Waals surface area contributed by atoms with E-state index in [4.69, 9.17) is 4.42 Å². The molecule has 2 heterocycles. The lowest BCUT2D eigenvalue weighted by molar-refractivity contribution is 0.669. The van der Waals surface area contributed by atoms with Crippen LogP contribution in [0.4, 0.5) is 0 Å². The largest absolute Gasteiger partial charge is 0.456 e. The van der Waals surface area contributed by atoms with Crippen molar-refractivity contribution in [3.05, 3.63) is 158 Å². The highest BCUT2D eigenvalue weighted by molar-refractivity contribution is 6.69. The van der Waals surface area contributed by atoms with E-state index in [0.717, 1.165) is 38.8 Å². The molecule has 2 nitrogen and oxygen atoms in total. The summed E-state index contributed by atoms with van der Waals surface area (Å²) in [6.07, 6.45) is 0. The molecule has 2 aromatic heterocycles. The van der Waals surface area contributed by atoms with E-state index in [1.54, 1.807) is 0 Å². The molecule has 0 amide bonds. The maximum atomic E-state index is 6.53. The summed E-state index contributed by atoms with van der Waals surface area (Å²) in [5.74, 6) is 0. The molecule has 0 saturated carbocycles. The van der Waals surface area contributed by atoms with Crippen molar-refractivity contribution < 1.29 is 4.42 Å². The first-order valence-electron chi connectivity index (χ1n) is 19.9. The molecular formula is C50H36B5NO. The molecule has 0 atom stereocenters. The van der Waals surface area contributed by atoms with E-state index in [0.29, 0.717) is 0 Å². The minimum atomic E-state index is 0.885. The third kappa shape index (κ3) is 4.85. The molecule has 57 heavy (non-hydrogen) atoms. The van der Waals surface area contributed by atoms with Gasteiger partial charge in [0, 0.05) is 21.7 Å². The molecule has 11 aromatic rings. The number of para-hydroxylation sites is 3. The van der Waals surface area contributed by atoms with Crippen LogP contribution in [0.15, 0.2) is 162 Å². The SMILES string of the molecule is Bc1c(B)c(B)c(-c2c3ccccc3c(-c3ccc(-c4ccc5oc6ccccc6c5c4-n4c5ccccc5c5ccccc54)cc3)c3ccccc23)c(B)c1B. The van der Waals surface area contributed by atoms with Gasteiger partial charge in [0.1, 0.15) is 50.4 Å². The fourth-order valence-electron chi connectivity index (χ4n) is 9.83. The molecule has 0 bridgehead atoms. The maximum Gasteiger partial charge on any atom is 0.139 e. The van der Waals surface area contributed by atoms with E-state index in [9.17, 15) is 0 Å². The highest BCUT2D eigenvalue weighted by atomic mass is 16.3. The molecule has 0 N–H and O–H groups in total. The van der Waals surface area contributed by atoms with Gasteiger partial charge in [-0.15, -0.1) is 16.4 Å². The van der Waals surface area contributed by atoms with Crippen LogP contribution in [0.2, 0.25) is 0 Å². The molecule has 0 spiro atoms. The average molecular weight is 721 g/mol. The molecule has 0 aliphatic heterocycles. The Bertz CT molecular complexity index is 3330. The van der Waals surface area contributed by atoms with Crippen molar-refractivity contribution in [2.45, 2.75) is 0 Å². The monoisotopic (exact) mass is 721 g/mol. The zero-order valence-corrected chi connectivity index (χ0v) is 32.9. The summed E-state index contributed by atoms with van der Waals surface area (Å²) in [6, 6.07) is 57.6. The van der Waals surface area contributed by atoms with Crippen LogP contribution in [0.1, 0.15) is 0 Å². The number of nitrogens with zero attached hydrogens (tertiary/aromatic N) is 1. The molecule has 0 aliphatic carbocycles. The summed E-state index contributed by atoms with van der Waals surface area (Å²) in [6.45, 7) is 0. The number of hydrogen-bond acceptors (Lipinski definition) is 1. The van der Waals surface area contributed by atoms with Crippen LogP contribution in [0.3, 0.4) is 0 Å². The van der Waals surface area contributed by atoms with Crippen LogP contribution in [-0.2, 0) is 0 Å². The Morgan fingerprint density at radius 1 is 0.333 bits per heavy atom. The summed E-state index contributed by atoms with van der Waals surface area (Å²) in [4.78, 5) is 0. The van der Waals surface area contributed by atoms with Crippen molar-refractivity contribution in [1.29, 1.82) is 0 Å². The van der Waals surface area contributed by atoms with E-state index in [1.165, 1.54) is 92.9 Å². The predicted octanol–water partition coefficient (Wildman–Crippen LogP) is 5.28. The highest BCUT2D eigenvalue weighted by Gasteiger charge is 2.23. The quantitative estimate of drug-likeness (QED) is 0.179. The zero-order valence-electron chi connectivity index (χ0n) is 32.9. The van der Waals surface area contributed by atoms with E-state index >= 15 is 0 Å². The van der Waals surface area contributed by atoms with Gasteiger partial charge in [-0.1, -0.05) is 138 Å². The minimum Gasteiger partial charge on any atom is -0.456 e. The summed E-state index contributed by atoms with van der Waals surface area (Å²) in [7, 11) is 11.4. The van der Waals surface area contributed by atoms with Gasteiger partial charge in [0.05, 0.1) is 22.1 Å². The Hall–Kier alpha value is -6.58. The second kappa shape index (κ2) is 12.7. The topological polar surface area (TPSA) is 18.1 Å². The first-order chi connectivity index (χ1) is 27.9. The highest BCUT2D eigenvalue weighted by Crippen LogP contribution is 2.46. The summed E-state index contributed by atoms with van der Waals surface area (Å²) in [5, 5.41) is 9.83. The van der Waals surface area contributed by atoms with Crippen molar-refractivity contribution >= 4 is 132 Å². The van der Waals surface area contributed by atoms with E-state index in [1.807, 2.05) is 0 Å². The zero-order chi connectivity index (χ0) is 38.5. The maximum absolute atomic E-state index is 6.53. The fourth-order valence-corrected chi connectivity index (χ4v) is 9.83. The smallest absolute Gasteiger partial charge is 0.139 e. The average Bonchev–Trinajstić information content (AvgIpc) is 3.81. The number of benzene rings is 9. The van der Waals surface area contributed by atoms with Gasteiger partial charge in [0.15, 0.2) is 0 Å². The molecule has 0 saturated heterocycles. The van der Waals surface area contributed by atoms with Crippen LogP contribution in [-0.4, -0.2) is 43.8 Å². The molecule has 0 radical (unpaired) electrons. The van der Waals surface area contributed by atoms with Crippen LogP contribution in [0.5, 0.6) is 0 Å². The Labute approximate surface area is 336 Å². The molecular weight excluding hydrogens is 685 g/mol. The van der Waals surface area contributed by atoms with Crippen LogP contribution in [0, 0.1) is 0 Å². The van der Waals surface area contributed by atoms with Gasteiger partial charge >= 0.3 is 0 Å². The Balaban J connectivity index is 1.17. The van der Waals surface area contributed by atoms with Gasteiger partial charge in [-0.25, -0.2) is 0 Å². The van der Waals surface area contributed by atoms with Crippen LogP contribution < -0.4 is 27.3 Å². The van der Waals surface area contributed by atoms with Gasteiger partial charge in [-0.2, -0.15) is 0 Å². The third-order valence-electron chi connectivity index (χ3n) is 13.0. The van der Waals surface area contributed by atoms with Gasteiger partial charge in [0.2, 0.25) is 0 Å². The van der Waals surface area contributed by atoms with Crippen LogP contribution >= 0.6 is 0 Å². The fraction of sp³-hybridized carbons (Fsp3) is 0. The number of rotatable bonds is 4. The van der Waals surface area contributed by atoms with Crippen molar-refractivity contribution in [2.75, 3.05) is 0 Å². The van der Waals surface area contributed by atoms with Crippen molar-refractivity contribution in [3.63, 3.8) is 0 Å². The normalized spacial score (nSPS) is 11.9. The Morgan fingerprint density at radius 3 is 1.33 bits per heavy atom. The minimum absolute atomic E-state index is 0.885. The second-order valence-electron chi connectivity index (χ2n) is 15.7. The van der Waals surface area contributed by atoms with E-state index in [-0.39, 0.29) is 0 Å². The van der Waals surface area contributed by atoms with Gasteiger partial charge in [-0.3, -0.25) is 0 Å². The lowest BCUT2D eigenvalue weighted by atomic mass is 9.59. The number of aromatic nitrogens is 1. The summed E-state index contributed by atoms with van der Waals surface area (Å²) < 4.78 is 8.98. The molecule has 0 unspecified atom stereocenters. The molecule has 262 valence electrons. The third-order valence-corrected chi connectivity index (χ3v) is 13.0. The van der Waals surface area contributed by atoms with E-state index < -0.39 is 0 Å². The van der Waals surface area contributed by atoms with Crippen molar-refractivity contribution in [2.24, 2.45) is 0 Å². The first kappa shape index (κ1) is 33.7. The van der Waals surface area contributed by atoms with Crippen LogP contribution in [0.25, 0.3) is 104 Å². The number of fused-ring (bicyclic) bond motifs is 8. The predicted molar refractivity (Wildman–Crippen MR) is 260 cm³/mol. The Kier molecular flexibility index (Phi) is 7.53. The summed E-state index contributed by atoms with van der Waals surface area (Å²) in [5.41, 5.74) is 19.6. The number of furan rings is 1. The molecule has 11 rings (SSSR count). The standard InChI is InChI=1S/C50H36B5NO/c51-45-44(46(52)48(54)49(55)47(45)53)42-34-15-3-1-13-32(34)41(33-14-2-4-16-35(33)42)28-23-21-27(22-24-28)29-25-26-40-43(36-17-7-10-20-39(36)57-40)50(29)56-37-18-8-5-11-30(37)31-12-6-9-19-38(31)56/h1-26H,51-55H2. The van der Waals surface area contributed by atoms with Gasteiger partial charge < -0.3 is 8.98 Å². The Morgan fingerprint density at radius 2 is 0.772 bits per heavy atom. The second-order valence-corrected chi connectivity index (χ2v) is 15.7. The van der Waals surface area contributed by atoms with Gasteiger partial charge in [0.25, 0.3) is 0 Å². The molecule has 0 aliphatic rings. The first-order valence-corrected chi connectivity index (χ1v) is 19.9. The van der Waals surface area contributed by atoms with Crippen molar-refractivity contribution in [1.82, 2.24) is 4.57 Å². The van der Waals surface area contributed by atoms with Crippen molar-refractivity contribution in [3.8, 4) is 39.1 Å². The lowest BCUT2D eigenvalue weighted by Gasteiger charge is -2.24. The molecule has 0 fully saturated rings. The summed E-state index contributed by atoms with van der Waals surface area (Å²) >= 11 is 0. The molecule has 9 aromatic carbocycles. The molecule has 7 heteroatoms. The van der Waals surface area contributed by atoms with Gasteiger partial charge in [-0.05, 0) is 79.7 Å². The number of hydrogen-bond donors (Lipinski definition) is 0. The lowest BCUT2D eigenvalue weighted by Crippen LogP contribution is -2.55. The van der Waals surface area contributed by atoms with E-state index in [2.05, 4.69) is 202 Å².